The Hall–Kier alpha value is -5.95. The number of H-pyrrole nitrogens is 1. The maximum absolute atomic E-state index is 14.2. The minimum absolute atomic E-state index is 0.00583. The molecule has 0 saturated carbocycles. The van der Waals surface area contributed by atoms with Gasteiger partial charge in [-0.05, 0) is 124 Å². The van der Waals surface area contributed by atoms with Crippen molar-refractivity contribution >= 4 is 71.4 Å². The number of alkyl halides is 3. The van der Waals surface area contributed by atoms with Gasteiger partial charge >= 0.3 is 11.6 Å². The number of hydrogen-bond donors (Lipinski definition) is 3. The lowest BCUT2D eigenvalue weighted by Crippen LogP contribution is -2.52. The number of benzene rings is 3. The monoisotopic (exact) mass is 1170 g/mol. The molecule has 5 aromatic rings. The lowest BCUT2D eigenvalue weighted by Gasteiger charge is -2.44. The van der Waals surface area contributed by atoms with Crippen LogP contribution in [0.25, 0.3) is 16.6 Å². The van der Waals surface area contributed by atoms with Crippen molar-refractivity contribution in [3.63, 3.8) is 0 Å². The third kappa shape index (κ3) is 14.4. The second-order valence-corrected chi connectivity index (χ2v) is 26.3. The quantitative estimate of drug-likeness (QED) is 0.0746. The van der Waals surface area contributed by atoms with Crippen molar-refractivity contribution in [2.24, 2.45) is 5.41 Å². The molecule has 80 heavy (non-hydrogen) atoms. The van der Waals surface area contributed by atoms with E-state index in [0.29, 0.717) is 106 Å². The third-order valence-corrected chi connectivity index (χ3v) is 18.1. The van der Waals surface area contributed by atoms with E-state index < -0.39 is 52.4 Å². The van der Waals surface area contributed by atoms with Crippen LogP contribution in [-0.2, 0) is 29.3 Å². The molecule has 0 spiro atoms. The number of rotatable bonds is 17. The zero-order chi connectivity index (χ0) is 57.0. The van der Waals surface area contributed by atoms with Gasteiger partial charge in [0.2, 0.25) is 0 Å². The number of piperazine rings is 2. The highest BCUT2D eigenvalue weighted by molar-refractivity contribution is 7.92. The van der Waals surface area contributed by atoms with E-state index in [1.54, 1.807) is 35.4 Å². The van der Waals surface area contributed by atoms with Crippen LogP contribution >= 0.6 is 11.6 Å². The van der Waals surface area contributed by atoms with E-state index in [2.05, 4.69) is 53.9 Å². The molecule has 5 heterocycles. The van der Waals surface area contributed by atoms with E-state index in [1.807, 2.05) is 37.6 Å². The summed E-state index contributed by atoms with van der Waals surface area (Å²) in [6.45, 7) is 18.1. The lowest BCUT2D eigenvalue weighted by atomic mass is 9.71. The number of aromatic amines is 1. The van der Waals surface area contributed by atoms with Crippen molar-refractivity contribution in [2.75, 3.05) is 115 Å². The van der Waals surface area contributed by atoms with Crippen LogP contribution in [-0.4, -0.2) is 174 Å². The summed E-state index contributed by atoms with van der Waals surface area (Å²) >= 11 is 6.35. The molecule has 18 nitrogen and oxygen atoms in total. The Balaban J connectivity index is 0.908. The normalized spacial score (nSPS) is 19.6. The zero-order valence-corrected chi connectivity index (χ0v) is 47.8. The van der Waals surface area contributed by atoms with Crippen molar-refractivity contribution in [1.82, 2.24) is 34.3 Å². The number of amides is 2. The average molecular weight is 1170 g/mol. The summed E-state index contributed by atoms with van der Waals surface area (Å²) < 4.78 is 115. The number of anilines is 2. The number of allylic oxidation sites excluding steroid dienone is 1. The number of sulfonamides is 1. The van der Waals surface area contributed by atoms with Crippen LogP contribution in [0.4, 0.5) is 29.3 Å². The van der Waals surface area contributed by atoms with Gasteiger partial charge in [0.15, 0.2) is 0 Å². The van der Waals surface area contributed by atoms with E-state index in [4.69, 9.17) is 25.8 Å². The number of pyridine rings is 1. The number of ether oxygens (including phenoxy) is 3. The number of carbonyl (C=O) groups is 2. The molecular weight excluding hydrogens is 1100 g/mol. The molecule has 432 valence electrons. The number of nitrogens with zero attached hydrogens (tertiary/aromatic N) is 6. The van der Waals surface area contributed by atoms with Gasteiger partial charge in [-0.1, -0.05) is 36.2 Å². The van der Waals surface area contributed by atoms with Gasteiger partial charge in [-0.2, -0.15) is 13.2 Å². The van der Waals surface area contributed by atoms with Crippen molar-refractivity contribution < 1.29 is 53.8 Å². The highest BCUT2D eigenvalue weighted by atomic mass is 35.5. The SMILES string of the molecule is CC(C)(C)OC(=O)N1CCN(C[C@]2(C)CCC(c3ccc(Cl)cc3)=C(CN3CCN(c4ccc(C(=O)NS(=O)(=O)c5ccc(NCCCN6CCOCC6)c(S(=O)(=O)C(F)(F)F)c5)c(Oc5cnc6[nH]ccc6c5)c4)CC3)C2)CC1. The zero-order valence-electron chi connectivity index (χ0n) is 45.4. The van der Waals surface area contributed by atoms with Crippen LogP contribution in [0.5, 0.6) is 11.5 Å². The van der Waals surface area contributed by atoms with E-state index in [9.17, 15) is 39.6 Å². The smallest absolute Gasteiger partial charge is 0.455 e. The lowest BCUT2D eigenvalue weighted by molar-refractivity contribution is -0.0436. The Labute approximate surface area is 470 Å². The minimum atomic E-state index is -6.06. The second-order valence-electron chi connectivity index (χ2n) is 22.2. The molecule has 0 unspecified atom stereocenters. The molecule has 2 amide bonds. The number of halogens is 4. The highest BCUT2D eigenvalue weighted by Crippen LogP contribution is 2.44. The van der Waals surface area contributed by atoms with Crippen molar-refractivity contribution in [3.05, 3.63) is 107 Å². The van der Waals surface area contributed by atoms with Gasteiger partial charge in [-0.3, -0.25) is 19.5 Å². The summed E-state index contributed by atoms with van der Waals surface area (Å²) in [5.41, 5.74) is -1.87. The Morgan fingerprint density at radius 2 is 1.56 bits per heavy atom. The summed E-state index contributed by atoms with van der Waals surface area (Å²) in [6, 6.07) is 18.5. The molecule has 1 atom stereocenters. The average Bonchev–Trinajstić information content (AvgIpc) is 3.90. The van der Waals surface area contributed by atoms with Crippen LogP contribution in [0.15, 0.2) is 101 Å². The van der Waals surface area contributed by atoms with Crippen LogP contribution in [0, 0.1) is 5.41 Å². The molecule has 2 aromatic heterocycles. The maximum Gasteiger partial charge on any atom is 0.501 e. The van der Waals surface area contributed by atoms with Gasteiger partial charge in [-0.15, -0.1) is 0 Å². The molecule has 0 radical (unpaired) electrons. The Kier molecular flexibility index (Phi) is 17.8. The molecule has 1 aliphatic carbocycles. The number of hydrogen-bond acceptors (Lipinski definition) is 15. The first kappa shape index (κ1) is 58.7. The molecule has 0 bridgehead atoms. The predicted octanol–water partition coefficient (Wildman–Crippen LogP) is 8.87. The Morgan fingerprint density at radius 1 is 0.850 bits per heavy atom. The molecule has 3 aromatic carbocycles. The van der Waals surface area contributed by atoms with Crippen LogP contribution < -0.4 is 19.7 Å². The summed E-state index contributed by atoms with van der Waals surface area (Å²) in [4.78, 5) is 43.2. The van der Waals surface area contributed by atoms with Gasteiger partial charge in [0.1, 0.15) is 27.6 Å². The minimum Gasteiger partial charge on any atom is -0.455 e. The molecule has 3 N–H and O–H groups in total. The number of morpholine rings is 1. The van der Waals surface area contributed by atoms with Crippen LogP contribution in [0.2, 0.25) is 5.02 Å². The summed E-state index contributed by atoms with van der Waals surface area (Å²) in [7, 11) is -11.1. The fraction of sp³-hybridized carbons (Fsp3) is 0.482. The summed E-state index contributed by atoms with van der Waals surface area (Å²) in [5, 5.41) is 4.11. The van der Waals surface area contributed by atoms with E-state index in [0.717, 1.165) is 63.1 Å². The van der Waals surface area contributed by atoms with Gasteiger partial charge in [0.25, 0.3) is 25.8 Å². The van der Waals surface area contributed by atoms with Gasteiger partial charge in [0.05, 0.1) is 35.6 Å². The first-order valence-corrected chi connectivity index (χ1v) is 30.2. The second kappa shape index (κ2) is 24.3. The molecule has 24 heteroatoms. The van der Waals surface area contributed by atoms with Crippen molar-refractivity contribution in [2.45, 2.75) is 74.3 Å². The number of fused-ring (bicyclic) bond motifs is 1. The standard InChI is InChI=1S/C56H69ClF3N9O9S2/c1-54(2,3)78-53(71)69-26-22-67(23-27-69)38-55(4)16-14-46(39-6-8-42(57)9-7-39)41(35-55)37-66-20-24-68(25-21-66)43-10-12-47(49(33-43)77-44-32-40-15-18-62-51(40)63-36-44)52(70)64-80(74,75)45-11-13-48(50(34-45)79(72,73)56(58,59)60)61-17-5-19-65-28-30-76-31-29-65/h6-13,15,18,32-34,36,61H,5,14,16-17,19-31,35,37-38H2,1-4H3,(H,62,63)(H,64,70)/t55-/m1/s1. The fourth-order valence-electron chi connectivity index (χ4n) is 10.8. The molecule has 4 aliphatic rings. The summed E-state index contributed by atoms with van der Waals surface area (Å²) in [6.07, 6.45) is 6.12. The third-order valence-electron chi connectivity index (χ3n) is 15.0. The molecule has 3 saturated heterocycles. The number of sulfone groups is 1. The maximum atomic E-state index is 14.2. The first-order valence-electron chi connectivity index (χ1n) is 26.9. The Bertz CT molecular complexity index is 3300. The number of nitrogens with one attached hydrogen (secondary N) is 3. The fourth-order valence-corrected chi connectivity index (χ4v) is 13.0. The molecule has 9 rings (SSSR count). The summed E-state index contributed by atoms with van der Waals surface area (Å²) in [5.74, 6) is -0.972. The predicted molar refractivity (Wildman–Crippen MR) is 301 cm³/mol. The highest BCUT2D eigenvalue weighted by Gasteiger charge is 2.48. The number of carbonyl (C=O) groups excluding carboxylic acids is 2. The van der Waals surface area contributed by atoms with Crippen LogP contribution in [0.3, 0.4) is 0 Å². The number of aromatic nitrogens is 2. The topological polar surface area (TPSA) is 199 Å². The van der Waals surface area contributed by atoms with E-state index in [-0.39, 0.29) is 35.1 Å². The van der Waals surface area contributed by atoms with E-state index >= 15 is 0 Å². The van der Waals surface area contributed by atoms with Crippen molar-refractivity contribution in [1.29, 1.82) is 0 Å². The van der Waals surface area contributed by atoms with Gasteiger partial charge < -0.3 is 34.3 Å². The van der Waals surface area contributed by atoms with Crippen LogP contribution in [0.1, 0.15) is 69.3 Å². The largest absolute Gasteiger partial charge is 0.501 e. The van der Waals surface area contributed by atoms with Crippen molar-refractivity contribution in [3.8, 4) is 11.5 Å². The van der Waals surface area contributed by atoms with Gasteiger partial charge in [-0.25, -0.2) is 31.3 Å². The van der Waals surface area contributed by atoms with E-state index in [1.165, 1.54) is 23.4 Å². The first-order chi connectivity index (χ1) is 37.9. The Morgan fingerprint density at radius 3 is 2.26 bits per heavy atom. The van der Waals surface area contributed by atoms with Gasteiger partial charge in [0, 0.05) is 113 Å². The molecule has 3 aliphatic heterocycles. The molecular formula is C56H69ClF3N9O9S2. The molecule has 3 fully saturated rings.